The molecule has 0 spiro atoms. The highest BCUT2D eigenvalue weighted by molar-refractivity contribution is 6.33. The molecule has 0 unspecified atom stereocenters. The predicted octanol–water partition coefficient (Wildman–Crippen LogP) is 4.04. The normalized spacial score (nSPS) is 10.7. The zero-order valence-corrected chi connectivity index (χ0v) is 12.2. The molecule has 0 aliphatic carbocycles. The fraction of sp³-hybridized carbons (Fsp3) is 0.333. The Balaban J connectivity index is 2.55. The Morgan fingerprint density at radius 3 is 2.68 bits per heavy atom. The molecule has 0 saturated carbocycles. The number of aryl methyl sites for hydroxylation is 2. The smallest absolute Gasteiger partial charge is 0.150 e. The zero-order valence-electron chi connectivity index (χ0n) is 11.4. The van der Waals surface area contributed by atoms with Crippen LogP contribution in [0.15, 0.2) is 18.2 Å². The summed E-state index contributed by atoms with van der Waals surface area (Å²) in [5.41, 5.74) is 4.66. The average Bonchev–Trinajstić information content (AvgIpc) is 2.66. The van der Waals surface area contributed by atoms with Crippen LogP contribution in [-0.2, 0) is 6.54 Å². The molecule has 1 aromatic carbocycles. The highest BCUT2D eigenvalue weighted by atomic mass is 35.5. The van der Waals surface area contributed by atoms with E-state index in [0.717, 1.165) is 41.8 Å². The third-order valence-electron chi connectivity index (χ3n) is 3.22. The van der Waals surface area contributed by atoms with Crippen LogP contribution in [0.3, 0.4) is 0 Å². The lowest BCUT2D eigenvalue weighted by atomic mass is 10.0. The van der Waals surface area contributed by atoms with Gasteiger partial charge in [0.2, 0.25) is 0 Å². The quantitative estimate of drug-likeness (QED) is 0.790. The fourth-order valence-electron chi connectivity index (χ4n) is 2.32. The first kappa shape index (κ1) is 13.8. The lowest BCUT2D eigenvalue weighted by Gasteiger charge is -2.07. The van der Waals surface area contributed by atoms with Crippen LogP contribution >= 0.6 is 11.6 Å². The lowest BCUT2D eigenvalue weighted by molar-refractivity contribution is 0.112. The number of carbonyl (C=O) groups excluding carboxylic acids is 1. The van der Waals surface area contributed by atoms with Gasteiger partial charge < -0.3 is 0 Å². The van der Waals surface area contributed by atoms with Gasteiger partial charge in [-0.15, -0.1) is 0 Å². The molecule has 0 aliphatic heterocycles. The molecule has 3 nitrogen and oxygen atoms in total. The molecule has 0 bridgehead atoms. The van der Waals surface area contributed by atoms with Gasteiger partial charge in [0.05, 0.1) is 5.69 Å². The Kier molecular flexibility index (Phi) is 4.05. The number of benzene rings is 1. The largest absolute Gasteiger partial charge is 0.298 e. The molecule has 0 amide bonds. The zero-order chi connectivity index (χ0) is 14.0. The van der Waals surface area contributed by atoms with Crippen molar-refractivity contribution in [1.29, 1.82) is 0 Å². The SMILES string of the molecule is CCCn1nc(C)c(-c2ccc(C=O)cc2Cl)c1C. The molecular weight excluding hydrogens is 260 g/mol. The number of rotatable bonds is 4. The van der Waals surface area contributed by atoms with Crippen LogP contribution in [-0.4, -0.2) is 16.1 Å². The maximum atomic E-state index is 10.8. The van der Waals surface area contributed by atoms with E-state index in [1.54, 1.807) is 12.1 Å². The molecule has 0 atom stereocenters. The summed E-state index contributed by atoms with van der Waals surface area (Å²) in [7, 11) is 0. The summed E-state index contributed by atoms with van der Waals surface area (Å²) in [4.78, 5) is 10.8. The second-order valence-electron chi connectivity index (χ2n) is 4.63. The minimum Gasteiger partial charge on any atom is -0.298 e. The van der Waals surface area contributed by atoms with E-state index < -0.39 is 0 Å². The molecule has 0 fully saturated rings. The van der Waals surface area contributed by atoms with E-state index in [1.807, 2.05) is 17.7 Å². The molecule has 0 radical (unpaired) electrons. The van der Waals surface area contributed by atoms with E-state index in [9.17, 15) is 4.79 Å². The third kappa shape index (κ3) is 2.56. The maximum absolute atomic E-state index is 10.8. The average molecular weight is 277 g/mol. The second kappa shape index (κ2) is 5.57. The topological polar surface area (TPSA) is 34.9 Å². The molecule has 0 saturated heterocycles. The van der Waals surface area contributed by atoms with Crippen molar-refractivity contribution >= 4 is 17.9 Å². The third-order valence-corrected chi connectivity index (χ3v) is 3.53. The Labute approximate surface area is 118 Å². The van der Waals surface area contributed by atoms with Gasteiger partial charge in [0.15, 0.2) is 0 Å². The Morgan fingerprint density at radius 2 is 2.11 bits per heavy atom. The summed E-state index contributed by atoms with van der Waals surface area (Å²) < 4.78 is 2.01. The maximum Gasteiger partial charge on any atom is 0.150 e. The van der Waals surface area contributed by atoms with Crippen molar-refractivity contribution in [3.8, 4) is 11.1 Å². The summed E-state index contributed by atoms with van der Waals surface area (Å²) in [5.74, 6) is 0. The number of hydrogen-bond donors (Lipinski definition) is 0. The number of halogens is 1. The molecule has 100 valence electrons. The lowest BCUT2D eigenvalue weighted by Crippen LogP contribution is -2.01. The molecular formula is C15H17ClN2O. The van der Waals surface area contributed by atoms with Crippen molar-refractivity contribution in [2.24, 2.45) is 0 Å². The Bertz CT molecular complexity index is 617. The van der Waals surface area contributed by atoms with Gasteiger partial charge in [-0.2, -0.15) is 5.10 Å². The summed E-state index contributed by atoms with van der Waals surface area (Å²) >= 11 is 6.28. The molecule has 0 aliphatic rings. The van der Waals surface area contributed by atoms with E-state index in [-0.39, 0.29) is 0 Å². The van der Waals surface area contributed by atoms with Gasteiger partial charge >= 0.3 is 0 Å². The van der Waals surface area contributed by atoms with E-state index in [2.05, 4.69) is 18.9 Å². The van der Waals surface area contributed by atoms with Crippen molar-refractivity contribution in [3.05, 3.63) is 40.2 Å². The first-order chi connectivity index (χ1) is 9.08. The molecule has 2 aromatic rings. The van der Waals surface area contributed by atoms with Crippen molar-refractivity contribution in [2.45, 2.75) is 33.7 Å². The van der Waals surface area contributed by atoms with Crippen LogP contribution in [0.25, 0.3) is 11.1 Å². The minimum atomic E-state index is 0.588. The van der Waals surface area contributed by atoms with Gasteiger partial charge in [0.25, 0.3) is 0 Å². The van der Waals surface area contributed by atoms with Crippen molar-refractivity contribution in [1.82, 2.24) is 9.78 Å². The number of carbonyl (C=O) groups is 1. The van der Waals surface area contributed by atoms with E-state index in [0.29, 0.717) is 10.6 Å². The van der Waals surface area contributed by atoms with Crippen LogP contribution in [0.1, 0.15) is 35.1 Å². The van der Waals surface area contributed by atoms with Crippen LogP contribution < -0.4 is 0 Å². The first-order valence-electron chi connectivity index (χ1n) is 6.37. The fourth-order valence-corrected chi connectivity index (χ4v) is 2.61. The van der Waals surface area contributed by atoms with Crippen LogP contribution in [0.2, 0.25) is 5.02 Å². The van der Waals surface area contributed by atoms with E-state index >= 15 is 0 Å². The predicted molar refractivity (Wildman–Crippen MR) is 77.8 cm³/mol. The molecule has 0 N–H and O–H groups in total. The summed E-state index contributed by atoms with van der Waals surface area (Å²) in [6.45, 7) is 7.06. The summed E-state index contributed by atoms with van der Waals surface area (Å²) in [6, 6.07) is 5.36. The Morgan fingerprint density at radius 1 is 1.37 bits per heavy atom. The molecule has 19 heavy (non-hydrogen) atoms. The van der Waals surface area contributed by atoms with E-state index in [4.69, 9.17) is 11.6 Å². The minimum absolute atomic E-state index is 0.588. The number of aromatic nitrogens is 2. The number of aldehydes is 1. The van der Waals surface area contributed by atoms with Gasteiger partial charge in [-0.05, 0) is 26.3 Å². The van der Waals surface area contributed by atoms with Gasteiger partial charge in [0, 0.05) is 34.0 Å². The number of nitrogens with zero attached hydrogens (tertiary/aromatic N) is 2. The summed E-state index contributed by atoms with van der Waals surface area (Å²) in [5, 5.41) is 5.14. The second-order valence-corrected chi connectivity index (χ2v) is 5.03. The monoisotopic (exact) mass is 276 g/mol. The first-order valence-corrected chi connectivity index (χ1v) is 6.75. The molecule has 1 aromatic heterocycles. The van der Waals surface area contributed by atoms with E-state index in [1.165, 1.54) is 0 Å². The standard InChI is InChI=1S/C15H17ClN2O/c1-4-7-18-11(3)15(10(2)17-18)13-6-5-12(9-19)8-14(13)16/h5-6,8-9H,4,7H2,1-3H3. The molecule has 2 rings (SSSR count). The van der Waals surface area contributed by atoms with Crippen molar-refractivity contribution in [3.63, 3.8) is 0 Å². The highest BCUT2D eigenvalue weighted by Gasteiger charge is 2.15. The molecule has 4 heteroatoms. The molecule has 1 heterocycles. The van der Waals surface area contributed by atoms with Crippen LogP contribution in [0.4, 0.5) is 0 Å². The van der Waals surface area contributed by atoms with Crippen molar-refractivity contribution < 1.29 is 4.79 Å². The van der Waals surface area contributed by atoms with Gasteiger partial charge in [-0.25, -0.2) is 0 Å². The van der Waals surface area contributed by atoms with Crippen LogP contribution in [0.5, 0.6) is 0 Å². The Hall–Kier alpha value is -1.61. The van der Waals surface area contributed by atoms with Crippen LogP contribution in [0, 0.1) is 13.8 Å². The van der Waals surface area contributed by atoms with Gasteiger partial charge in [0.1, 0.15) is 6.29 Å². The van der Waals surface area contributed by atoms with Gasteiger partial charge in [-0.1, -0.05) is 30.7 Å². The highest BCUT2D eigenvalue weighted by Crippen LogP contribution is 2.33. The van der Waals surface area contributed by atoms with Crippen molar-refractivity contribution in [2.75, 3.05) is 0 Å². The summed E-state index contributed by atoms with van der Waals surface area (Å²) in [6.07, 6.45) is 1.84. The number of hydrogen-bond acceptors (Lipinski definition) is 2. The van der Waals surface area contributed by atoms with Gasteiger partial charge in [-0.3, -0.25) is 9.48 Å².